The first-order valence-electron chi connectivity index (χ1n) is 9.23. The first kappa shape index (κ1) is 18.3. The van der Waals surface area contributed by atoms with E-state index in [0.29, 0.717) is 5.92 Å². The number of carbonyl (C=O) groups excluding carboxylic acids is 1. The standard InChI is InChI=1S/C19H30N2O4/c1-12(11-13-7-5-9-23-13)20-16-15(14-8-6-10-24-17(14)16)21-18(22)25-19(2,3)4/h5,7,9,12,14-17,20H,6,8,10-11H2,1-4H3,(H,21,22). The number of furan rings is 1. The minimum atomic E-state index is -0.494. The highest BCUT2D eigenvalue weighted by atomic mass is 16.6. The molecule has 1 aliphatic carbocycles. The summed E-state index contributed by atoms with van der Waals surface area (Å²) in [5.41, 5.74) is -0.494. The van der Waals surface area contributed by atoms with E-state index in [1.165, 1.54) is 0 Å². The zero-order chi connectivity index (χ0) is 18.0. The fraction of sp³-hybridized carbons (Fsp3) is 0.737. The molecule has 5 unspecified atom stereocenters. The van der Waals surface area contributed by atoms with Gasteiger partial charge in [-0.25, -0.2) is 4.79 Å². The number of ether oxygens (including phenoxy) is 2. The molecule has 2 aliphatic rings. The Morgan fingerprint density at radius 3 is 2.88 bits per heavy atom. The normalized spacial score (nSPS) is 30.1. The van der Waals surface area contributed by atoms with Crippen molar-refractivity contribution in [2.75, 3.05) is 6.61 Å². The molecule has 1 amide bonds. The molecule has 6 heteroatoms. The van der Waals surface area contributed by atoms with Crippen LogP contribution in [0.3, 0.4) is 0 Å². The Balaban J connectivity index is 1.59. The first-order chi connectivity index (χ1) is 11.8. The van der Waals surface area contributed by atoms with Crippen molar-refractivity contribution in [3.8, 4) is 0 Å². The molecule has 1 aromatic rings. The monoisotopic (exact) mass is 350 g/mol. The number of hydrogen-bond acceptors (Lipinski definition) is 5. The van der Waals surface area contributed by atoms with Crippen molar-refractivity contribution in [1.29, 1.82) is 0 Å². The lowest BCUT2D eigenvalue weighted by molar-refractivity contribution is -0.130. The van der Waals surface area contributed by atoms with Gasteiger partial charge in [-0.15, -0.1) is 0 Å². The van der Waals surface area contributed by atoms with E-state index >= 15 is 0 Å². The fourth-order valence-corrected chi connectivity index (χ4v) is 3.86. The highest BCUT2D eigenvalue weighted by molar-refractivity contribution is 5.68. The molecule has 25 heavy (non-hydrogen) atoms. The van der Waals surface area contributed by atoms with E-state index < -0.39 is 5.60 Å². The van der Waals surface area contributed by atoms with Crippen molar-refractivity contribution in [1.82, 2.24) is 10.6 Å². The van der Waals surface area contributed by atoms with Crippen LogP contribution < -0.4 is 10.6 Å². The van der Waals surface area contributed by atoms with Crippen LogP contribution in [-0.4, -0.2) is 42.5 Å². The molecule has 0 aromatic carbocycles. The van der Waals surface area contributed by atoms with Crippen molar-refractivity contribution in [3.63, 3.8) is 0 Å². The molecular formula is C19H30N2O4. The molecule has 2 fully saturated rings. The minimum Gasteiger partial charge on any atom is -0.469 e. The van der Waals surface area contributed by atoms with Crippen LogP contribution in [0, 0.1) is 5.92 Å². The van der Waals surface area contributed by atoms with E-state index in [1.807, 2.05) is 32.9 Å². The minimum absolute atomic E-state index is 0.0409. The van der Waals surface area contributed by atoms with Crippen LogP contribution in [0.25, 0.3) is 0 Å². The summed E-state index contributed by atoms with van der Waals surface area (Å²) in [6.45, 7) is 8.55. The Bertz CT molecular complexity index is 566. The number of alkyl carbamates (subject to hydrolysis) is 1. The molecule has 1 saturated carbocycles. The number of hydrogen-bond donors (Lipinski definition) is 2. The number of fused-ring (bicyclic) bond motifs is 1. The van der Waals surface area contributed by atoms with Gasteiger partial charge in [-0.05, 0) is 52.7 Å². The summed E-state index contributed by atoms with van der Waals surface area (Å²) < 4.78 is 16.8. The largest absolute Gasteiger partial charge is 0.469 e. The maximum Gasteiger partial charge on any atom is 0.407 e. The predicted octanol–water partition coefficient (Wildman–Crippen LogP) is 2.87. The van der Waals surface area contributed by atoms with Crippen LogP contribution in [0.4, 0.5) is 4.79 Å². The second kappa shape index (κ2) is 7.38. The van der Waals surface area contributed by atoms with E-state index in [9.17, 15) is 4.79 Å². The quantitative estimate of drug-likeness (QED) is 0.854. The van der Waals surface area contributed by atoms with Crippen LogP contribution >= 0.6 is 0 Å². The van der Waals surface area contributed by atoms with Crippen molar-refractivity contribution in [2.24, 2.45) is 5.92 Å². The Morgan fingerprint density at radius 1 is 1.40 bits per heavy atom. The van der Waals surface area contributed by atoms with Crippen LogP contribution in [0.2, 0.25) is 0 Å². The smallest absolute Gasteiger partial charge is 0.407 e. The summed E-state index contributed by atoms with van der Waals surface area (Å²) in [6, 6.07) is 4.25. The van der Waals surface area contributed by atoms with E-state index in [2.05, 4.69) is 17.6 Å². The number of rotatable bonds is 5. The van der Waals surface area contributed by atoms with Crippen LogP contribution in [0.1, 0.15) is 46.3 Å². The van der Waals surface area contributed by atoms with Crippen molar-refractivity contribution in [3.05, 3.63) is 24.2 Å². The topological polar surface area (TPSA) is 72.7 Å². The lowest BCUT2D eigenvalue weighted by atomic mass is 9.68. The van der Waals surface area contributed by atoms with Crippen molar-refractivity contribution < 1.29 is 18.7 Å². The Morgan fingerprint density at radius 2 is 2.20 bits per heavy atom. The molecule has 140 valence electrons. The van der Waals surface area contributed by atoms with Crippen LogP contribution in [0.15, 0.2) is 22.8 Å². The maximum absolute atomic E-state index is 12.2. The summed E-state index contributed by atoms with van der Waals surface area (Å²) in [4.78, 5) is 12.2. The lowest BCUT2D eigenvalue weighted by Crippen LogP contribution is -2.74. The molecule has 1 saturated heterocycles. The predicted molar refractivity (Wildman–Crippen MR) is 94.4 cm³/mol. The molecule has 1 aliphatic heterocycles. The molecule has 2 heterocycles. The van der Waals surface area contributed by atoms with E-state index in [1.54, 1.807) is 6.26 Å². The third kappa shape index (κ3) is 4.55. The van der Waals surface area contributed by atoms with Gasteiger partial charge in [-0.2, -0.15) is 0 Å². The van der Waals surface area contributed by atoms with Gasteiger partial charge in [0.2, 0.25) is 0 Å². The molecule has 0 bridgehead atoms. The zero-order valence-electron chi connectivity index (χ0n) is 15.6. The van der Waals surface area contributed by atoms with Gasteiger partial charge >= 0.3 is 6.09 Å². The second-order valence-corrected chi connectivity index (χ2v) is 8.19. The van der Waals surface area contributed by atoms with Gasteiger partial charge in [0.05, 0.1) is 24.5 Å². The fourth-order valence-electron chi connectivity index (χ4n) is 3.86. The average Bonchev–Trinajstić information content (AvgIpc) is 3.02. The molecular weight excluding hydrogens is 320 g/mol. The van der Waals surface area contributed by atoms with E-state index in [0.717, 1.165) is 31.6 Å². The highest BCUT2D eigenvalue weighted by Crippen LogP contribution is 2.38. The summed E-state index contributed by atoms with van der Waals surface area (Å²) in [5.74, 6) is 1.31. The van der Waals surface area contributed by atoms with Crippen molar-refractivity contribution in [2.45, 2.75) is 76.8 Å². The molecule has 3 rings (SSSR count). The zero-order valence-corrected chi connectivity index (χ0v) is 15.6. The van der Waals surface area contributed by atoms with Gasteiger partial charge < -0.3 is 24.5 Å². The Labute approximate surface area is 149 Å². The lowest BCUT2D eigenvalue weighted by Gasteiger charge is -2.54. The highest BCUT2D eigenvalue weighted by Gasteiger charge is 2.53. The molecule has 5 atom stereocenters. The van der Waals surface area contributed by atoms with Crippen LogP contribution in [-0.2, 0) is 15.9 Å². The van der Waals surface area contributed by atoms with Gasteiger partial charge in [0, 0.05) is 25.0 Å². The number of carbonyl (C=O) groups is 1. The summed E-state index contributed by atoms with van der Waals surface area (Å²) in [5, 5.41) is 6.68. The molecule has 0 radical (unpaired) electrons. The molecule has 2 N–H and O–H groups in total. The molecule has 0 spiro atoms. The number of nitrogens with one attached hydrogen (secondary N) is 2. The van der Waals surface area contributed by atoms with Gasteiger partial charge in [0.15, 0.2) is 0 Å². The molecule has 1 aromatic heterocycles. The third-order valence-electron chi connectivity index (χ3n) is 4.86. The van der Waals surface area contributed by atoms with Gasteiger partial charge in [-0.3, -0.25) is 0 Å². The van der Waals surface area contributed by atoms with Crippen LogP contribution in [0.5, 0.6) is 0 Å². The number of amides is 1. The summed E-state index contributed by atoms with van der Waals surface area (Å²) in [6.07, 6.45) is 4.43. The second-order valence-electron chi connectivity index (χ2n) is 8.19. The van der Waals surface area contributed by atoms with Crippen molar-refractivity contribution >= 4 is 6.09 Å². The van der Waals surface area contributed by atoms with Gasteiger partial charge in [-0.1, -0.05) is 0 Å². The van der Waals surface area contributed by atoms with Gasteiger partial charge in [0.1, 0.15) is 11.4 Å². The Kier molecular flexibility index (Phi) is 5.39. The van der Waals surface area contributed by atoms with E-state index in [-0.39, 0.29) is 30.3 Å². The van der Waals surface area contributed by atoms with E-state index in [4.69, 9.17) is 13.9 Å². The average molecular weight is 350 g/mol. The molecule has 6 nitrogen and oxygen atoms in total. The maximum atomic E-state index is 12.2. The SMILES string of the molecule is CC(Cc1ccco1)NC1C(NC(=O)OC(C)(C)C)C2CCCOC21. The third-order valence-corrected chi connectivity index (χ3v) is 4.86. The Hall–Kier alpha value is -1.53. The summed E-state index contributed by atoms with van der Waals surface area (Å²) >= 11 is 0. The summed E-state index contributed by atoms with van der Waals surface area (Å²) in [7, 11) is 0. The van der Waals surface area contributed by atoms with Gasteiger partial charge in [0.25, 0.3) is 0 Å². The first-order valence-corrected chi connectivity index (χ1v) is 9.23.